The molecule has 0 bridgehead atoms. The minimum Gasteiger partial charge on any atom is -0.497 e. The summed E-state index contributed by atoms with van der Waals surface area (Å²) in [5, 5.41) is 2.38. The Morgan fingerprint density at radius 1 is 1.09 bits per heavy atom. The molecule has 0 aliphatic carbocycles. The van der Waals surface area contributed by atoms with E-state index in [0.717, 1.165) is 12.3 Å². The molecule has 5 heteroatoms. The Morgan fingerprint density at radius 2 is 1.74 bits per heavy atom. The third-order valence-electron chi connectivity index (χ3n) is 4.61. The highest BCUT2D eigenvalue weighted by Gasteiger charge is 2.22. The summed E-state index contributed by atoms with van der Waals surface area (Å²) in [5.41, 5.74) is 1.29. The standard InChI is InChI=1S/C18H23NO3S/c1-14(13-19-7-9-23(20,21)10-8-19)15-3-4-17-12-18(22-2)6-5-16(17)11-15/h3-6,11-12,14H,7-10,13H2,1-2H3. The number of methoxy groups -OCH3 is 1. The summed E-state index contributed by atoms with van der Waals surface area (Å²) in [5.74, 6) is 1.82. The van der Waals surface area contributed by atoms with Crippen LogP contribution in [-0.4, -0.2) is 51.6 Å². The van der Waals surface area contributed by atoms with Gasteiger partial charge in [-0.05, 0) is 34.4 Å². The van der Waals surface area contributed by atoms with Crippen molar-refractivity contribution in [3.8, 4) is 5.75 Å². The lowest BCUT2D eigenvalue weighted by atomic mass is 9.97. The zero-order valence-corrected chi connectivity index (χ0v) is 14.5. The maximum atomic E-state index is 11.5. The van der Waals surface area contributed by atoms with Crippen molar-refractivity contribution in [3.63, 3.8) is 0 Å². The molecule has 1 fully saturated rings. The molecule has 0 aromatic heterocycles. The zero-order chi connectivity index (χ0) is 16.4. The van der Waals surface area contributed by atoms with E-state index in [1.165, 1.54) is 16.3 Å². The molecule has 0 saturated carbocycles. The van der Waals surface area contributed by atoms with Gasteiger partial charge >= 0.3 is 0 Å². The van der Waals surface area contributed by atoms with Crippen LogP contribution in [0.25, 0.3) is 10.8 Å². The molecule has 1 aliphatic rings. The minimum atomic E-state index is -2.81. The second-order valence-corrected chi connectivity index (χ2v) is 8.63. The van der Waals surface area contributed by atoms with Crippen molar-refractivity contribution in [2.24, 2.45) is 0 Å². The number of benzene rings is 2. The normalized spacial score (nSPS) is 19.6. The largest absolute Gasteiger partial charge is 0.497 e. The number of rotatable bonds is 4. The molecule has 2 aromatic rings. The van der Waals surface area contributed by atoms with Crippen LogP contribution < -0.4 is 4.74 Å². The molecule has 0 radical (unpaired) electrons. The number of ether oxygens (including phenoxy) is 1. The number of hydrogen-bond donors (Lipinski definition) is 0. The van der Waals surface area contributed by atoms with Crippen LogP contribution in [0.2, 0.25) is 0 Å². The average Bonchev–Trinajstić information content (AvgIpc) is 2.55. The van der Waals surface area contributed by atoms with Crippen molar-refractivity contribution >= 4 is 20.6 Å². The number of sulfone groups is 1. The Balaban J connectivity index is 1.72. The Morgan fingerprint density at radius 3 is 2.43 bits per heavy atom. The first-order valence-electron chi connectivity index (χ1n) is 7.97. The van der Waals surface area contributed by atoms with E-state index in [-0.39, 0.29) is 11.5 Å². The minimum absolute atomic E-state index is 0.289. The van der Waals surface area contributed by atoms with Gasteiger partial charge in [0.2, 0.25) is 0 Å². The Kier molecular flexibility index (Phi) is 4.60. The van der Waals surface area contributed by atoms with E-state index in [9.17, 15) is 8.42 Å². The predicted molar refractivity (Wildman–Crippen MR) is 94.0 cm³/mol. The van der Waals surface area contributed by atoms with Crippen molar-refractivity contribution < 1.29 is 13.2 Å². The van der Waals surface area contributed by atoms with Crippen molar-refractivity contribution in [2.45, 2.75) is 12.8 Å². The number of fused-ring (bicyclic) bond motifs is 1. The molecule has 2 aromatic carbocycles. The molecule has 1 atom stereocenters. The van der Waals surface area contributed by atoms with Crippen molar-refractivity contribution in [2.75, 3.05) is 38.2 Å². The van der Waals surface area contributed by atoms with Crippen LogP contribution in [0.3, 0.4) is 0 Å². The van der Waals surface area contributed by atoms with Crippen LogP contribution in [0.1, 0.15) is 18.4 Å². The third-order valence-corrected chi connectivity index (χ3v) is 6.22. The van der Waals surface area contributed by atoms with E-state index in [1.54, 1.807) is 7.11 Å². The zero-order valence-electron chi connectivity index (χ0n) is 13.7. The van der Waals surface area contributed by atoms with E-state index in [1.807, 2.05) is 12.1 Å². The van der Waals surface area contributed by atoms with Crippen LogP contribution in [0, 0.1) is 0 Å². The van der Waals surface area contributed by atoms with Gasteiger partial charge < -0.3 is 9.64 Å². The molecule has 1 unspecified atom stereocenters. The lowest BCUT2D eigenvalue weighted by Crippen LogP contribution is -2.41. The molecular formula is C18H23NO3S. The Labute approximate surface area is 138 Å². The van der Waals surface area contributed by atoms with Gasteiger partial charge in [0.1, 0.15) is 5.75 Å². The van der Waals surface area contributed by atoms with Gasteiger partial charge in [-0.2, -0.15) is 0 Å². The SMILES string of the molecule is COc1ccc2cc(C(C)CN3CCS(=O)(=O)CC3)ccc2c1. The van der Waals surface area contributed by atoms with Crippen LogP contribution in [0.4, 0.5) is 0 Å². The number of hydrogen-bond acceptors (Lipinski definition) is 4. The second kappa shape index (κ2) is 6.49. The van der Waals surface area contributed by atoms with Gasteiger partial charge in [-0.3, -0.25) is 0 Å². The fraction of sp³-hybridized carbons (Fsp3) is 0.444. The molecule has 1 aliphatic heterocycles. The lowest BCUT2D eigenvalue weighted by Gasteiger charge is -2.29. The molecular weight excluding hydrogens is 310 g/mol. The van der Waals surface area contributed by atoms with Crippen LogP contribution >= 0.6 is 0 Å². The lowest BCUT2D eigenvalue weighted by molar-refractivity contribution is 0.281. The topological polar surface area (TPSA) is 46.6 Å². The van der Waals surface area contributed by atoms with Gasteiger partial charge in [0.15, 0.2) is 9.84 Å². The summed E-state index contributed by atoms with van der Waals surface area (Å²) < 4.78 is 28.3. The summed E-state index contributed by atoms with van der Waals surface area (Å²) in [6.07, 6.45) is 0. The Bertz CT molecular complexity index is 787. The monoisotopic (exact) mass is 333 g/mol. The van der Waals surface area contributed by atoms with Crippen molar-refractivity contribution in [1.29, 1.82) is 0 Å². The highest BCUT2D eigenvalue weighted by molar-refractivity contribution is 7.91. The molecule has 3 rings (SSSR count). The molecule has 0 N–H and O–H groups in total. The molecule has 124 valence electrons. The van der Waals surface area contributed by atoms with Gasteiger partial charge in [-0.15, -0.1) is 0 Å². The van der Waals surface area contributed by atoms with E-state index >= 15 is 0 Å². The molecule has 4 nitrogen and oxygen atoms in total. The van der Waals surface area contributed by atoms with Gasteiger partial charge in [-0.1, -0.05) is 31.2 Å². The molecule has 23 heavy (non-hydrogen) atoms. The van der Waals surface area contributed by atoms with E-state index < -0.39 is 9.84 Å². The smallest absolute Gasteiger partial charge is 0.152 e. The predicted octanol–water partition coefficient (Wildman–Crippen LogP) is 2.68. The van der Waals surface area contributed by atoms with Gasteiger partial charge in [-0.25, -0.2) is 8.42 Å². The summed E-state index contributed by atoms with van der Waals surface area (Å²) in [6, 6.07) is 12.6. The summed E-state index contributed by atoms with van der Waals surface area (Å²) >= 11 is 0. The highest BCUT2D eigenvalue weighted by atomic mass is 32.2. The fourth-order valence-corrected chi connectivity index (χ4v) is 4.38. The van der Waals surface area contributed by atoms with E-state index in [2.05, 4.69) is 36.1 Å². The van der Waals surface area contributed by atoms with Crippen molar-refractivity contribution in [3.05, 3.63) is 42.0 Å². The van der Waals surface area contributed by atoms with Crippen molar-refractivity contribution in [1.82, 2.24) is 4.90 Å². The molecule has 0 amide bonds. The van der Waals surface area contributed by atoms with Gasteiger partial charge in [0.25, 0.3) is 0 Å². The van der Waals surface area contributed by atoms with Gasteiger partial charge in [0.05, 0.1) is 18.6 Å². The summed E-state index contributed by atoms with van der Waals surface area (Å²) in [6.45, 7) is 4.40. The fourth-order valence-electron chi connectivity index (χ4n) is 3.10. The maximum Gasteiger partial charge on any atom is 0.152 e. The second-order valence-electron chi connectivity index (χ2n) is 6.33. The Hall–Kier alpha value is -1.59. The molecule has 1 saturated heterocycles. The quantitative estimate of drug-likeness (QED) is 0.863. The first-order valence-corrected chi connectivity index (χ1v) is 9.79. The van der Waals surface area contributed by atoms with Crippen LogP contribution in [0.15, 0.2) is 36.4 Å². The summed E-state index contributed by atoms with van der Waals surface area (Å²) in [4.78, 5) is 2.25. The van der Waals surface area contributed by atoms with Crippen LogP contribution in [-0.2, 0) is 9.84 Å². The molecule has 1 heterocycles. The molecule has 0 spiro atoms. The van der Waals surface area contributed by atoms with E-state index in [4.69, 9.17) is 4.74 Å². The summed E-state index contributed by atoms with van der Waals surface area (Å²) in [7, 11) is -1.13. The maximum absolute atomic E-state index is 11.5. The van der Waals surface area contributed by atoms with E-state index in [0.29, 0.717) is 19.0 Å². The number of nitrogens with zero attached hydrogens (tertiary/aromatic N) is 1. The first-order chi connectivity index (χ1) is 11.0. The third kappa shape index (κ3) is 3.85. The highest BCUT2D eigenvalue weighted by Crippen LogP contribution is 2.25. The first kappa shape index (κ1) is 16.3. The average molecular weight is 333 g/mol. The van der Waals surface area contributed by atoms with Gasteiger partial charge in [0, 0.05) is 19.6 Å². The van der Waals surface area contributed by atoms with Crippen LogP contribution in [0.5, 0.6) is 5.75 Å².